The van der Waals surface area contributed by atoms with Gasteiger partial charge in [-0.05, 0) is 32.2 Å². The topological polar surface area (TPSA) is 15.3 Å². The van der Waals surface area contributed by atoms with Crippen molar-refractivity contribution in [2.24, 2.45) is 5.92 Å². The molecule has 0 aromatic heterocycles. The van der Waals surface area contributed by atoms with E-state index in [-0.39, 0.29) is 0 Å². The third-order valence-corrected chi connectivity index (χ3v) is 3.52. The van der Waals surface area contributed by atoms with Crippen molar-refractivity contribution in [3.05, 3.63) is 0 Å². The van der Waals surface area contributed by atoms with Crippen LogP contribution in [0.1, 0.15) is 53.4 Å². The molecule has 1 aliphatic heterocycles. The Labute approximate surface area is 102 Å². The first kappa shape index (κ1) is 14.0. The van der Waals surface area contributed by atoms with E-state index in [2.05, 4.69) is 37.9 Å². The summed E-state index contributed by atoms with van der Waals surface area (Å²) in [5.74, 6) is 0.814. The molecule has 0 aromatic carbocycles. The van der Waals surface area contributed by atoms with Crippen LogP contribution in [0.3, 0.4) is 0 Å². The van der Waals surface area contributed by atoms with Crippen LogP contribution in [0.4, 0.5) is 0 Å². The van der Waals surface area contributed by atoms with Gasteiger partial charge in [-0.25, -0.2) is 0 Å². The first-order valence-corrected chi connectivity index (χ1v) is 7.11. The van der Waals surface area contributed by atoms with Gasteiger partial charge >= 0.3 is 0 Å². The van der Waals surface area contributed by atoms with Crippen LogP contribution in [0, 0.1) is 5.92 Å². The molecule has 0 aliphatic carbocycles. The van der Waals surface area contributed by atoms with Gasteiger partial charge in [-0.15, -0.1) is 0 Å². The Morgan fingerprint density at radius 3 is 2.69 bits per heavy atom. The molecule has 96 valence electrons. The minimum Gasteiger partial charge on any atom is -0.311 e. The molecule has 1 N–H and O–H groups in total. The second-order valence-corrected chi connectivity index (χ2v) is 5.79. The van der Waals surface area contributed by atoms with E-state index in [0.717, 1.165) is 12.0 Å². The van der Waals surface area contributed by atoms with Crippen LogP contribution in [0.2, 0.25) is 0 Å². The Hall–Kier alpha value is -0.0800. The highest BCUT2D eigenvalue weighted by Crippen LogP contribution is 2.16. The van der Waals surface area contributed by atoms with E-state index in [9.17, 15) is 0 Å². The van der Waals surface area contributed by atoms with Gasteiger partial charge in [0.1, 0.15) is 0 Å². The second-order valence-electron chi connectivity index (χ2n) is 5.79. The first-order chi connectivity index (χ1) is 7.63. The predicted octanol–water partition coefficient (Wildman–Crippen LogP) is 2.89. The van der Waals surface area contributed by atoms with Crippen LogP contribution < -0.4 is 5.32 Å². The van der Waals surface area contributed by atoms with E-state index in [1.54, 1.807) is 0 Å². The average molecular weight is 226 g/mol. The van der Waals surface area contributed by atoms with Crippen molar-refractivity contribution in [3.8, 4) is 0 Å². The van der Waals surface area contributed by atoms with Crippen LogP contribution in [0.5, 0.6) is 0 Å². The predicted molar refractivity (Wildman–Crippen MR) is 71.8 cm³/mol. The summed E-state index contributed by atoms with van der Waals surface area (Å²) in [6.45, 7) is 13.0. The molecular formula is C14H30N2. The fourth-order valence-corrected chi connectivity index (χ4v) is 2.65. The summed E-state index contributed by atoms with van der Waals surface area (Å²) < 4.78 is 0. The van der Waals surface area contributed by atoms with Gasteiger partial charge in [-0.1, -0.05) is 33.6 Å². The zero-order valence-electron chi connectivity index (χ0n) is 11.6. The summed E-state index contributed by atoms with van der Waals surface area (Å²) in [6.07, 6.45) is 5.42. The summed E-state index contributed by atoms with van der Waals surface area (Å²) in [7, 11) is 0. The lowest BCUT2D eigenvalue weighted by atomic mass is 9.99. The van der Waals surface area contributed by atoms with Crippen LogP contribution in [0.25, 0.3) is 0 Å². The molecule has 2 atom stereocenters. The molecule has 0 amide bonds. The fourth-order valence-electron chi connectivity index (χ4n) is 2.65. The monoisotopic (exact) mass is 226 g/mol. The lowest BCUT2D eigenvalue weighted by Crippen LogP contribution is -2.55. The fraction of sp³-hybridized carbons (Fsp3) is 1.00. The summed E-state index contributed by atoms with van der Waals surface area (Å²) >= 11 is 0. The van der Waals surface area contributed by atoms with Gasteiger partial charge in [0.05, 0.1) is 0 Å². The zero-order chi connectivity index (χ0) is 12.0. The van der Waals surface area contributed by atoms with E-state index in [4.69, 9.17) is 0 Å². The SMILES string of the molecule is CCCCCN1CC(C)NCC1CC(C)C. The van der Waals surface area contributed by atoms with E-state index in [1.165, 1.54) is 45.3 Å². The third kappa shape index (κ3) is 4.84. The molecule has 1 rings (SSSR count). The van der Waals surface area contributed by atoms with Gasteiger partial charge in [0, 0.05) is 25.2 Å². The highest BCUT2D eigenvalue weighted by atomic mass is 15.2. The minimum absolute atomic E-state index is 0.671. The number of piperazine rings is 1. The molecule has 0 aromatic rings. The summed E-state index contributed by atoms with van der Waals surface area (Å²) in [6, 6.07) is 1.44. The maximum atomic E-state index is 3.62. The van der Waals surface area contributed by atoms with E-state index >= 15 is 0 Å². The standard InChI is InChI=1S/C14H30N2/c1-5-6-7-8-16-11-13(4)15-10-14(16)9-12(2)3/h12-15H,5-11H2,1-4H3. The Bertz CT molecular complexity index is 180. The van der Waals surface area contributed by atoms with Gasteiger partial charge in [-0.3, -0.25) is 4.90 Å². The van der Waals surface area contributed by atoms with E-state index in [1.807, 2.05) is 0 Å². The van der Waals surface area contributed by atoms with Crippen molar-refractivity contribution in [3.63, 3.8) is 0 Å². The maximum Gasteiger partial charge on any atom is 0.0223 e. The molecule has 1 aliphatic rings. The van der Waals surface area contributed by atoms with Gasteiger partial charge < -0.3 is 5.32 Å². The highest BCUT2D eigenvalue weighted by Gasteiger charge is 2.25. The number of nitrogens with zero attached hydrogens (tertiary/aromatic N) is 1. The normalized spacial score (nSPS) is 27.6. The van der Waals surface area contributed by atoms with Crippen molar-refractivity contribution >= 4 is 0 Å². The smallest absolute Gasteiger partial charge is 0.0223 e. The lowest BCUT2D eigenvalue weighted by molar-refractivity contribution is 0.116. The third-order valence-electron chi connectivity index (χ3n) is 3.52. The highest BCUT2D eigenvalue weighted by molar-refractivity contribution is 4.84. The Balaban J connectivity index is 2.38. The largest absolute Gasteiger partial charge is 0.311 e. The van der Waals surface area contributed by atoms with Crippen molar-refractivity contribution in [1.82, 2.24) is 10.2 Å². The van der Waals surface area contributed by atoms with E-state index in [0.29, 0.717) is 6.04 Å². The Morgan fingerprint density at radius 1 is 1.31 bits per heavy atom. The van der Waals surface area contributed by atoms with Crippen LogP contribution in [-0.2, 0) is 0 Å². The molecule has 1 heterocycles. The Kier molecular flexibility index (Phi) is 6.37. The van der Waals surface area contributed by atoms with Crippen LogP contribution >= 0.6 is 0 Å². The molecule has 2 unspecified atom stereocenters. The van der Waals surface area contributed by atoms with Crippen LogP contribution in [-0.4, -0.2) is 36.6 Å². The quantitative estimate of drug-likeness (QED) is 0.701. The molecular weight excluding hydrogens is 196 g/mol. The van der Waals surface area contributed by atoms with Crippen molar-refractivity contribution < 1.29 is 0 Å². The Morgan fingerprint density at radius 2 is 2.06 bits per heavy atom. The number of hydrogen-bond donors (Lipinski definition) is 1. The molecule has 1 fully saturated rings. The second kappa shape index (κ2) is 7.29. The summed E-state index contributed by atoms with van der Waals surface area (Å²) in [5, 5.41) is 3.62. The zero-order valence-corrected chi connectivity index (χ0v) is 11.6. The molecule has 2 heteroatoms. The van der Waals surface area contributed by atoms with Crippen LogP contribution in [0.15, 0.2) is 0 Å². The maximum absolute atomic E-state index is 3.62. The van der Waals surface area contributed by atoms with Gasteiger partial charge in [0.25, 0.3) is 0 Å². The van der Waals surface area contributed by atoms with Crippen molar-refractivity contribution in [1.29, 1.82) is 0 Å². The molecule has 0 spiro atoms. The lowest BCUT2D eigenvalue weighted by Gasteiger charge is -2.40. The average Bonchev–Trinajstić information content (AvgIpc) is 2.22. The molecule has 0 radical (unpaired) electrons. The molecule has 1 saturated heterocycles. The number of rotatable bonds is 6. The summed E-state index contributed by atoms with van der Waals surface area (Å²) in [4.78, 5) is 2.72. The molecule has 0 saturated carbocycles. The van der Waals surface area contributed by atoms with Gasteiger partial charge in [-0.2, -0.15) is 0 Å². The number of nitrogens with one attached hydrogen (secondary N) is 1. The molecule has 16 heavy (non-hydrogen) atoms. The van der Waals surface area contributed by atoms with E-state index < -0.39 is 0 Å². The molecule has 0 bridgehead atoms. The first-order valence-electron chi connectivity index (χ1n) is 7.11. The molecule has 2 nitrogen and oxygen atoms in total. The van der Waals surface area contributed by atoms with Crippen molar-refractivity contribution in [2.45, 2.75) is 65.5 Å². The number of unbranched alkanes of at least 4 members (excludes halogenated alkanes) is 2. The van der Waals surface area contributed by atoms with Gasteiger partial charge in [0.15, 0.2) is 0 Å². The number of hydrogen-bond acceptors (Lipinski definition) is 2. The van der Waals surface area contributed by atoms with Crippen molar-refractivity contribution in [2.75, 3.05) is 19.6 Å². The van der Waals surface area contributed by atoms with Gasteiger partial charge in [0.2, 0.25) is 0 Å². The summed E-state index contributed by atoms with van der Waals surface area (Å²) in [5.41, 5.74) is 0. The minimum atomic E-state index is 0.671.